The monoisotopic (exact) mass is 346 g/mol. The number of carbonyl (C=O) groups is 1. The molecule has 0 aromatic heterocycles. The summed E-state index contributed by atoms with van der Waals surface area (Å²) < 4.78 is 5.70. The second-order valence-corrected chi connectivity index (χ2v) is 5.41. The van der Waals surface area contributed by atoms with Crippen molar-refractivity contribution in [1.29, 1.82) is 0 Å². The summed E-state index contributed by atoms with van der Waals surface area (Å²) in [7, 11) is 0. The van der Waals surface area contributed by atoms with Gasteiger partial charge in [0, 0.05) is 16.5 Å². The van der Waals surface area contributed by atoms with Crippen LogP contribution in [0.3, 0.4) is 0 Å². The van der Waals surface area contributed by atoms with E-state index in [9.17, 15) is 4.79 Å². The number of hydrogen-bond acceptors (Lipinski definition) is 2. The quantitative estimate of drug-likeness (QED) is 0.401. The van der Waals surface area contributed by atoms with E-state index in [2.05, 4.69) is 22.9 Å². The molecule has 0 radical (unpaired) electrons. The van der Waals surface area contributed by atoms with Gasteiger partial charge in [0.1, 0.15) is 5.75 Å². The highest BCUT2D eigenvalue weighted by molar-refractivity contribution is 9.08. The van der Waals surface area contributed by atoms with Crippen molar-refractivity contribution in [2.75, 3.05) is 6.61 Å². The van der Waals surface area contributed by atoms with Gasteiger partial charge in [-0.15, -0.1) is 0 Å². The zero-order valence-electron chi connectivity index (χ0n) is 12.1. The number of unbranched alkanes of at least 4 members (excludes halogenated alkanes) is 1. The molecule has 0 heterocycles. The lowest BCUT2D eigenvalue weighted by Crippen LogP contribution is -2.05. The lowest BCUT2D eigenvalue weighted by atomic mass is 9.99. The molecule has 110 valence electrons. The fraction of sp³-hybridized carbons (Fsp3) is 0.278. The Morgan fingerprint density at radius 2 is 1.90 bits per heavy atom. The van der Waals surface area contributed by atoms with Crippen LogP contribution in [-0.2, 0) is 5.33 Å². The number of benzene rings is 2. The summed E-state index contributed by atoms with van der Waals surface area (Å²) >= 11 is 3.46. The Hall–Kier alpha value is -1.61. The van der Waals surface area contributed by atoms with Gasteiger partial charge in [0.2, 0.25) is 0 Å². The van der Waals surface area contributed by atoms with Gasteiger partial charge in [0.05, 0.1) is 6.61 Å². The normalized spacial score (nSPS) is 10.4. The average Bonchev–Trinajstić information content (AvgIpc) is 2.55. The van der Waals surface area contributed by atoms with Crippen LogP contribution in [0.1, 0.15) is 41.3 Å². The first-order valence-corrected chi connectivity index (χ1v) is 8.30. The first-order valence-electron chi connectivity index (χ1n) is 7.17. The highest BCUT2D eigenvalue weighted by Gasteiger charge is 2.13. The molecule has 0 aliphatic carbocycles. The van der Waals surface area contributed by atoms with Crippen molar-refractivity contribution in [2.45, 2.75) is 25.1 Å². The molecule has 0 N–H and O–H groups in total. The highest BCUT2D eigenvalue weighted by Crippen LogP contribution is 2.23. The minimum absolute atomic E-state index is 0.0464. The van der Waals surface area contributed by atoms with E-state index in [1.54, 1.807) is 0 Å². The molecular weight excluding hydrogens is 328 g/mol. The molecule has 0 spiro atoms. The zero-order chi connectivity index (χ0) is 15.1. The Morgan fingerprint density at radius 3 is 2.57 bits per heavy atom. The minimum atomic E-state index is 0.0464. The van der Waals surface area contributed by atoms with Crippen molar-refractivity contribution in [3.8, 4) is 5.75 Å². The van der Waals surface area contributed by atoms with Crippen LogP contribution >= 0.6 is 15.9 Å². The third kappa shape index (κ3) is 4.18. The molecule has 2 nitrogen and oxygen atoms in total. The van der Waals surface area contributed by atoms with Crippen LogP contribution in [0, 0.1) is 0 Å². The van der Waals surface area contributed by atoms with Crippen molar-refractivity contribution in [2.24, 2.45) is 0 Å². The van der Waals surface area contributed by atoms with Gasteiger partial charge in [0.15, 0.2) is 5.78 Å². The number of halogens is 1. The summed E-state index contributed by atoms with van der Waals surface area (Å²) in [6, 6.07) is 15.0. The third-order valence-electron chi connectivity index (χ3n) is 3.27. The zero-order valence-corrected chi connectivity index (χ0v) is 13.7. The van der Waals surface area contributed by atoms with Crippen molar-refractivity contribution < 1.29 is 9.53 Å². The summed E-state index contributed by atoms with van der Waals surface area (Å²) in [6.07, 6.45) is 2.14. The van der Waals surface area contributed by atoms with E-state index in [1.807, 2.05) is 48.5 Å². The van der Waals surface area contributed by atoms with Crippen molar-refractivity contribution in [1.82, 2.24) is 0 Å². The lowest BCUT2D eigenvalue weighted by molar-refractivity contribution is 0.103. The summed E-state index contributed by atoms with van der Waals surface area (Å²) in [6.45, 7) is 2.85. The maximum atomic E-state index is 12.5. The molecule has 0 unspecified atom stereocenters. The van der Waals surface area contributed by atoms with E-state index >= 15 is 0 Å². The van der Waals surface area contributed by atoms with Crippen LogP contribution in [0.25, 0.3) is 0 Å². The molecule has 0 saturated carbocycles. The van der Waals surface area contributed by atoms with Gasteiger partial charge < -0.3 is 4.74 Å². The van der Waals surface area contributed by atoms with E-state index in [0.717, 1.165) is 29.7 Å². The molecule has 2 rings (SSSR count). The Bertz CT molecular complexity index is 593. The van der Waals surface area contributed by atoms with Crippen molar-refractivity contribution in [3.05, 3.63) is 65.2 Å². The molecule has 0 saturated heterocycles. The molecule has 0 atom stereocenters. The minimum Gasteiger partial charge on any atom is -0.494 e. The van der Waals surface area contributed by atoms with Gasteiger partial charge in [-0.1, -0.05) is 59.6 Å². The predicted octanol–water partition coefficient (Wildman–Crippen LogP) is 4.99. The number of ether oxygens (including phenoxy) is 1. The molecule has 0 amide bonds. The molecule has 21 heavy (non-hydrogen) atoms. The Morgan fingerprint density at radius 1 is 1.14 bits per heavy atom. The molecule has 2 aromatic carbocycles. The first-order chi connectivity index (χ1) is 10.3. The van der Waals surface area contributed by atoms with E-state index in [0.29, 0.717) is 17.5 Å². The molecule has 0 fully saturated rings. The van der Waals surface area contributed by atoms with Gasteiger partial charge in [-0.05, 0) is 30.2 Å². The number of ketones is 1. The third-order valence-corrected chi connectivity index (χ3v) is 3.87. The fourth-order valence-corrected chi connectivity index (χ4v) is 2.54. The Balaban J connectivity index is 2.22. The number of hydrogen-bond donors (Lipinski definition) is 0. The van der Waals surface area contributed by atoms with Crippen LogP contribution in [0.5, 0.6) is 5.75 Å². The van der Waals surface area contributed by atoms with E-state index in [-0.39, 0.29) is 5.78 Å². The van der Waals surface area contributed by atoms with Gasteiger partial charge in [-0.3, -0.25) is 4.79 Å². The predicted molar refractivity (Wildman–Crippen MR) is 89.4 cm³/mol. The summed E-state index contributed by atoms with van der Waals surface area (Å²) in [5, 5.41) is 0.631. The second kappa shape index (κ2) is 7.99. The molecular formula is C18H19BrO2. The summed E-state index contributed by atoms with van der Waals surface area (Å²) in [5.41, 5.74) is 2.39. The second-order valence-electron chi connectivity index (χ2n) is 4.85. The molecule has 0 aliphatic heterocycles. The van der Waals surface area contributed by atoms with Gasteiger partial charge in [-0.25, -0.2) is 0 Å². The maximum Gasteiger partial charge on any atom is 0.193 e. The Kier molecular flexibility index (Phi) is 6.00. The smallest absolute Gasteiger partial charge is 0.193 e. The topological polar surface area (TPSA) is 26.3 Å². The fourth-order valence-electron chi connectivity index (χ4n) is 2.07. The van der Waals surface area contributed by atoms with E-state index in [1.165, 1.54) is 0 Å². The lowest BCUT2D eigenvalue weighted by Gasteiger charge is -2.10. The molecule has 2 aromatic rings. The van der Waals surface area contributed by atoms with Gasteiger partial charge in [0.25, 0.3) is 0 Å². The van der Waals surface area contributed by atoms with Crippen molar-refractivity contribution >= 4 is 21.7 Å². The van der Waals surface area contributed by atoms with Crippen LogP contribution < -0.4 is 4.74 Å². The van der Waals surface area contributed by atoms with E-state index in [4.69, 9.17) is 4.74 Å². The highest BCUT2D eigenvalue weighted by atomic mass is 79.9. The molecule has 0 bridgehead atoms. The van der Waals surface area contributed by atoms with Crippen LogP contribution in [-0.4, -0.2) is 12.4 Å². The van der Waals surface area contributed by atoms with E-state index < -0.39 is 0 Å². The number of alkyl halides is 1. The van der Waals surface area contributed by atoms with Crippen molar-refractivity contribution in [3.63, 3.8) is 0 Å². The SMILES string of the molecule is CCCCOc1ccc(C(=O)c2ccccc2)c(CBr)c1. The van der Waals surface area contributed by atoms with Crippen LogP contribution in [0.15, 0.2) is 48.5 Å². The van der Waals surface area contributed by atoms with Crippen LogP contribution in [0.2, 0.25) is 0 Å². The summed E-state index contributed by atoms with van der Waals surface area (Å²) in [4.78, 5) is 12.5. The Labute approximate surface area is 134 Å². The first kappa shape index (κ1) is 15.8. The molecule has 3 heteroatoms. The molecule has 0 aliphatic rings. The number of rotatable bonds is 7. The standard InChI is InChI=1S/C18H19BrO2/c1-2-3-11-21-16-9-10-17(15(12-16)13-19)18(20)14-7-5-4-6-8-14/h4-10,12H,2-3,11,13H2,1H3. The average molecular weight is 347 g/mol. The maximum absolute atomic E-state index is 12.5. The van der Waals surface area contributed by atoms with Gasteiger partial charge in [-0.2, -0.15) is 0 Å². The van der Waals surface area contributed by atoms with Crippen LogP contribution in [0.4, 0.5) is 0 Å². The van der Waals surface area contributed by atoms with Gasteiger partial charge >= 0.3 is 0 Å². The summed E-state index contributed by atoms with van der Waals surface area (Å²) in [5.74, 6) is 0.868. The largest absolute Gasteiger partial charge is 0.494 e. The number of carbonyl (C=O) groups excluding carboxylic acids is 1.